The summed E-state index contributed by atoms with van der Waals surface area (Å²) in [6.07, 6.45) is 11.4. The first-order valence-corrected chi connectivity index (χ1v) is 11.4. The Kier molecular flexibility index (Phi) is 3.74. The summed E-state index contributed by atoms with van der Waals surface area (Å²) in [4.78, 5) is 12.3. The Labute approximate surface area is 170 Å². The lowest BCUT2D eigenvalue weighted by molar-refractivity contribution is -0.204. The monoisotopic (exact) mass is 383 g/mol. The molecule has 5 rings (SSSR count). The lowest BCUT2D eigenvalue weighted by atomic mass is 9.36. The zero-order valence-corrected chi connectivity index (χ0v) is 18.3. The molecule has 0 bridgehead atoms. The molecule has 0 aromatic carbocycles. The number of aliphatic hydroxyl groups is 1. The van der Waals surface area contributed by atoms with E-state index in [9.17, 15) is 9.90 Å². The standard InChI is InChI=1S/C25H37NO2/c1-22(2)10-6-11-23(3)17(22)9-12-24(4)18-8-7-15-16(14-26-21(15)28)25(18,5)20(27)13-19(23)24/h7-8,17-20,27H,6,9-14H2,1-5H3,(H,26,28)/t17-,18-,19+,20+,23-,24-,25+/m0/s1. The highest BCUT2D eigenvalue weighted by molar-refractivity contribution is 6.00. The number of fused-ring (bicyclic) bond motifs is 6. The fourth-order valence-corrected chi connectivity index (χ4v) is 9.11. The highest BCUT2D eigenvalue weighted by Crippen LogP contribution is 2.72. The van der Waals surface area contributed by atoms with E-state index < -0.39 is 0 Å². The van der Waals surface area contributed by atoms with Crippen LogP contribution in [0.5, 0.6) is 0 Å². The van der Waals surface area contributed by atoms with Crippen LogP contribution in [0, 0.1) is 39.4 Å². The van der Waals surface area contributed by atoms with E-state index in [0.717, 1.165) is 23.5 Å². The summed E-state index contributed by atoms with van der Waals surface area (Å²) in [5.41, 5.74) is 2.56. The maximum Gasteiger partial charge on any atom is 0.251 e. The van der Waals surface area contributed by atoms with Crippen molar-refractivity contribution < 1.29 is 9.90 Å². The number of hydrogen-bond acceptors (Lipinski definition) is 2. The van der Waals surface area contributed by atoms with Crippen LogP contribution in [0.2, 0.25) is 0 Å². The Morgan fingerprint density at radius 2 is 1.79 bits per heavy atom. The summed E-state index contributed by atoms with van der Waals surface area (Å²) in [7, 11) is 0. The number of carbonyl (C=O) groups is 1. The average molecular weight is 384 g/mol. The first-order valence-electron chi connectivity index (χ1n) is 11.4. The Hall–Kier alpha value is -1.09. The van der Waals surface area contributed by atoms with E-state index in [4.69, 9.17) is 0 Å². The van der Waals surface area contributed by atoms with Gasteiger partial charge < -0.3 is 10.4 Å². The van der Waals surface area contributed by atoms with Crippen molar-refractivity contribution in [3.8, 4) is 0 Å². The minimum atomic E-state index is -0.376. The first kappa shape index (κ1) is 18.9. The number of amides is 1. The molecule has 3 nitrogen and oxygen atoms in total. The molecule has 1 heterocycles. The van der Waals surface area contributed by atoms with Crippen molar-refractivity contribution in [1.82, 2.24) is 5.32 Å². The lowest BCUT2D eigenvalue weighted by Crippen LogP contribution is -2.64. The second-order valence-corrected chi connectivity index (χ2v) is 11.9. The molecule has 28 heavy (non-hydrogen) atoms. The highest BCUT2D eigenvalue weighted by atomic mass is 16.3. The van der Waals surface area contributed by atoms with E-state index in [0.29, 0.717) is 29.2 Å². The molecule has 7 atom stereocenters. The average Bonchev–Trinajstić information content (AvgIpc) is 2.99. The Balaban J connectivity index is 1.60. The van der Waals surface area contributed by atoms with Gasteiger partial charge in [0.1, 0.15) is 0 Å². The van der Waals surface area contributed by atoms with Crippen LogP contribution in [-0.4, -0.2) is 23.7 Å². The molecule has 2 N–H and O–H groups in total. The van der Waals surface area contributed by atoms with Gasteiger partial charge in [-0.1, -0.05) is 53.2 Å². The maximum absolute atomic E-state index is 12.3. The lowest BCUT2D eigenvalue weighted by Gasteiger charge is -2.69. The smallest absolute Gasteiger partial charge is 0.251 e. The number of allylic oxidation sites excluding steroid dienone is 1. The first-order chi connectivity index (χ1) is 13.0. The zero-order valence-electron chi connectivity index (χ0n) is 18.3. The molecule has 0 aromatic rings. The number of nitrogens with one attached hydrogen (secondary N) is 1. The molecule has 154 valence electrons. The van der Waals surface area contributed by atoms with Crippen LogP contribution in [0.15, 0.2) is 23.3 Å². The van der Waals surface area contributed by atoms with Crippen molar-refractivity contribution in [3.05, 3.63) is 23.3 Å². The van der Waals surface area contributed by atoms with E-state index in [2.05, 4.69) is 52.1 Å². The van der Waals surface area contributed by atoms with Crippen LogP contribution in [0.3, 0.4) is 0 Å². The summed E-state index contributed by atoms with van der Waals surface area (Å²) in [6.45, 7) is 12.9. The summed E-state index contributed by atoms with van der Waals surface area (Å²) < 4.78 is 0. The molecule has 3 saturated carbocycles. The normalized spacial score (nSPS) is 51.7. The van der Waals surface area contributed by atoms with Crippen LogP contribution in [-0.2, 0) is 4.79 Å². The van der Waals surface area contributed by atoms with E-state index in [1.165, 1.54) is 32.1 Å². The second-order valence-electron chi connectivity index (χ2n) is 11.9. The minimum Gasteiger partial charge on any atom is -0.392 e. The molecule has 1 amide bonds. The third kappa shape index (κ3) is 2.07. The Morgan fingerprint density at radius 3 is 2.54 bits per heavy atom. The Bertz CT molecular complexity index is 794. The van der Waals surface area contributed by atoms with Crippen molar-refractivity contribution in [2.75, 3.05) is 6.54 Å². The molecule has 0 aromatic heterocycles. The van der Waals surface area contributed by atoms with Crippen LogP contribution in [0.25, 0.3) is 0 Å². The van der Waals surface area contributed by atoms with Gasteiger partial charge in [0.2, 0.25) is 0 Å². The SMILES string of the molecule is CC1(C)CCC[C@]2(C)[C@H]3C[C@@H](O)[C@]4(C)C5=C(C=C[C@H]4[C@]3(C)CC[C@@H]12)C(=O)NC5. The van der Waals surface area contributed by atoms with Gasteiger partial charge in [-0.3, -0.25) is 4.79 Å². The highest BCUT2D eigenvalue weighted by Gasteiger charge is 2.67. The van der Waals surface area contributed by atoms with Gasteiger partial charge in [0.05, 0.1) is 6.10 Å². The summed E-state index contributed by atoms with van der Waals surface area (Å²) in [5, 5.41) is 14.6. The topological polar surface area (TPSA) is 49.3 Å². The van der Waals surface area contributed by atoms with Gasteiger partial charge in [-0.05, 0) is 71.7 Å². The van der Waals surface area contributed by atoms with Crippen molar-refractivity contribution in [2.45, 2.75) is 79.2 Å². The van der Waals surface area contributed by atoms with Crippen molar-refractivity contribution in [2.24, 2.45) is 39.4 Å². The molecular formula is C25H37NO2. The molecule has 3 heteroatoms. The zero-order chi connectivity index (χ0) is 20.1. The van der Waals surface area contributed by atoms with Crippen LogP contribution in [0.4, 0.5) is 0 Å². The molecule has 1 aliphatic heterocycles. The maximum atomic E-state index is 12.3. The van der Waals surface area contributed by atoms with Gasteiger partial charge >= 0.3 is 0 Å². The van der Waals surface area contributed by atoms with Crippen LogP contribution in [0.1, 0.15) is 73.1 Å². The van der Waals surface area contributed by atoms with Crippen LogP contribution < -0.4 is 5.32 Å². The van der Waals surface area contributed by atoms with Gasteiger partial charge in [-0.15, -0.1) is 0 Å². The minimum absolute atomic E-state index is 0.0371. The predicted octanol–water partition coefficient (Wildman–Crippen LogP) is 4.62. The fraction of sp³-hybridized carbons (Fsp3) is 0.800. The molecule has 4 aliphatic carbocycles. The number of hydrogen-bond donors (Lipinski definition) is 2. The quantitative estimate of drug-likeness (QED) is 0.641. The van der Waals surface area contributed by atoms with Crippen molar-refractivity contribution in [3.63, 3.8) is 0 Å². The summed E-state index contributed by atoms with van der Waals surface area (Å²) >= 11 is 0. The predicted molar refractivity (Wildman–Crippen MR) is 111 cm³/mol. The molecule has 0 spiro atoms. The van der Waals surface area contributed by atoms with Gasteiger partial charge in [0.15, 0.2) is 0 Å². The number of rotatable bonds is 0. The van der Waals surface area contributed by atoms with E-state index >= 15 is 0 Å². The van der Waals surface area contributed by atoms with E-state index in [-0.39, 0.29) is 22.8 Å². The fourth-order valence-electron chi connectivity index (χ4n) is 9.11. The molecule has 0 saturated heterocycles. The van der Waals surface area contributed by atoms with Crippen molar-refractivity contribution in [1.29, 1.82) is 0 Å². The molecule has 0 radical (unpaired) electrons. The van der Waals surface area contributed by atoms with Gasteiger partial charge in [-0.25, -0.2) is 0 Å². The van der Waals surface area contributed by atoms with E-state index in [1.54, 1.807) is 0 Å². The number of aliphatic hydroxyl groups excluding tert-OH is 1. The molecule has 3 fully saturated rings. The second kappa shape index (κ2) is 5.53. The molecular weight excluding hydrogens is 346 g/mol. The van der Waals surface area contributed by atoms with Gasteiger partial charge in [0.25, 0.3) is 5.91 Å². The number of carbonyl (C=O) groups excluding carboxylic acids is 1. The summed E-state index contributed by atoms with van der Waals surface area (Å²) in [5.74, 6) is 1.64. The van der Waals surface area contributed by atoms with E-state index in [1.807, 2.05) is 0 Å². The van der Waals surface area contributed by atoms with Gasteiger partial charge in [-0.2, -0.15) is 0 Å². The largest absolute Gasteiger partial charge is 0.392 e. The molecule has 0 unspecified atom stereocenters. The summed E-state index contributed by atoms with van der Waals surface area (Å²) in [6, 6.07) is 0. The third-order valence-corrected chi connectivity index (χ3v) is 10.4. The van der Waals surface area contributed by atoms with Crippen LogP contribution >= 0.6 is 0 Å². The van der Waals surface area contributed by atoms with Crippen molar-refractivity contribution >= 4 is 5.91 Å². The molecule has 5 aliphatic rings. The Morgan fingerprint density at radius 1 is 1.04 bits per heavy atom. The third-order valence-electron chi connectivity index (χ3n) is 10.4. The van der Waals surface area contributed by atoms with Gasteiger partial charge in [0, 0.05) is 17.5 Å².